The Balaban J connectivity index is 2.00. The molecule has 0 bridgehead atoms. The second-order valence-electron chi connectivity index (χ2n) is 9.63. The summed E-state index contributed by atoms with van der Waals surface area (Å²) in [6, 6.07) is 2.74. The Hall–Kier alpha value is -1.46. The highest BCUT2D eigenvalue weighted by Gasteiger charge is 2.48. The SMILES string of the molecule is CC=CC1CCC(c2ccc(C3CCC(CCC)CC3)c(C(F)(F)F)c2C(F)(F)F)CC1. The van der Waals surface area contributed by atoms with Crippen LogP contribution in [0.3, 0.4) is 0 Å². The first-order valence-electron chi connectivity index (χ1n) is 12.0. The van der Waals surface area contributed by atoms with Crippen molar-refractivity contribution >= 4 is 0 Å². The second-order valence-corrected chi connectivity index (χ2v) is 9.63. The second kappa shape index (κ2) is 10.2. The molecule has 6 heteroatoms. The lowest BCUT2D eigenvalue weighted by Gasteiger charge is -2.34. The summed E-state index contributed by atoms with van der Waals surface area (Å²) in [6.45, 7) is 3.98. The van der Waals surface area contributed by atoms with Crippen molar-refractivity contribution in [2.75, 3.05) is 0 Å². The monoisotopic (exact) mass is 460 g/mol. The molecule has 180 valence electrons. The third-order valence-electron chi connectivity index (χ3n) is 7.50. The summed E-state index contributed by atoms with van der Waals surface area (Å²) in [5.74, 6) is -0.173. The topological polar surface area (TPSA) is 0 Å². The summed E-state index contributed by atoms with van der Waals surface area (Å²) in [6.07, 6.45) is 0.959. The lowest BCUT2D eigenvalue weighted by Crippen LogP contribution is -2.25. The number of benzene rings is 1. The molecule has 0 saturated heterocycles. The number of hydrogen-bond donors (Lipinski definition) is 0. The fraction of sp³-hybridized carbons (Fsp3) is 0.692. The molecule has 0 nitrogen and oxygen atoms in total. The number of hydrogen-bond acceptors (Lipinski definition) is 0. The average Bonchev–Trinajstić information content (AvgIpc) is 2.73. The number of rotatable bonds is 5. The van der Waals surface area contributed by atoms with Crippen molar-refractivity contribution in [3.63, 3.8) is 0 Å². The van der Waals surface area contributed by atoms with Gasteiger partial charge in [0.15, 0.2) is 0 Å². The van der Waals surface area contributed by atoms with E-state index in [1.54, 1.807) is 0 Å². The maximum atomic E-state index is 14.2. The van der Waals surface area contributed by atoms with Crippen molar-refractivity contribution in [2.45, 2.75) is 102 Å². The van der Waals surface area contributed by atoms with Crippen LogP contribution in [0.15, 0.2) is 24.3 Å². The van der Waals surface area contributed by atoms with E-state index in [0.29, 0.717) is 50.4 Å². The molecule has 0 amide bonds. The highest BCUT2D eigenvalue weighted by atomic mass is 19.4. The fourth-order valence-electron chi connectivity index (χ4n) is 5.99. The first-order chi connectivity index (χ1) is 15.1. The quantitative estimate of drug-likeness (QED) is 0.303. The Labute approximate surface area is 187 Å². The minimum absolute atomic E-state index is 0.147. The van der Waals surface area contributed by atoms with E-state index in [1.807, 2.05) is 19.1 Å². The van der Waals surface area contributed by atoms with E-state index in [9.17, 15) is 26.3 Å². The van der Waals surface area contributed by atoms with E-state index in [-0.39, 0.29) is 11.1 Å². The van der Waals surface area contributed by atoms with E-state index < -0.39 is 35.3 Å². The van der Waals surface area contributed by atoms with Gasteiger partial charge in [-0.15, -0.1) is 0 Å². The van der Waals surface area contributed by atoms with E-state index in [0.717, 1.165) is 25.7 Å². The molecule has 0 N–H and O–H groups in total. The van der Waals surface area contributed by atoms with Crippen LogP contribution >= 0.6 is 0 Å². The van der Waals surface area contributed by atoms with Crippen LogP contribution in [-0.4, -0.2) is 0 Å². The largest absolute Gasteiger partial charge is 0.417 e. The highest BCUT2D eigenvalue weighted by molar-refractivity contribution is 5.48. The van der Waals surface area contributed by atoms with Gasteiger partial charge in [-0.25, -0.2) is 0 Å². The van der Waals surface area contributed by atoms with Crippen molar-refractivity contribution < 1.29 is 26.3 Å². The summed E-state index contributed by atoms with van der Waals surface area (Å²) in [7, 11) is 0. The Morgan fingerprint density at radius 1 is 0.750 bits per heavy atom. The van der Waals surface area contributed by atoms with Crippen LogP contribution in [0.5, 0.6) is 0 Å². The predicted octanol–water partition coefficient (Wildman–Crippen LogP) is 9.65. The maximum Gasteiger partial charge on any atom is 0.417 e. The molecule has 0 aliphatic heterocycles. The molecular formula is C26H34F6. The zero-order valence-electron chi connectivity index (χ0n) is 19.0. The standard InChI is InChI=1S/C26H34F6/c1-3-5-17-7-11-19(12-8-17)21-15-16-22(20-13-9-18(6-4-2)10-14-20)24(26(30,31)32)23(21)25(27,28)29/h3,5,15-20H,4,6-14H2,1-2H3. The van der Waals surface area contributed by atoms with Crippen molar-refractivity contribution in [2.24, 2.45) is 11.8 Å². The third-order valence-corrected chi connectivity index (χ3v) is 7.50. The molecule has 3 rings (SSSR count). The van der Waals surface area contributed by atoms with Gasteiger partial charge in [-0.1, -0.05) is 44.1 Å². The van der Waals surface area contributed by atoms with Gasteiger partial charge in [-0.2, -0.15) is 26.3 Å². The van der Waals surface area contributed by atoms with Gasteiger partial charge in [-0.3, -0.25) is 0 Å². The minimum atomic E-state index is -5.03. The van der Waals surface area contributed by atoms with Crippen molar-refractivity contribution in [3.8, 4) is 0 Å². The molecule has 2 saturated carbocycles. The first-order valence-corrected chi connectivity index (χ1v) is 12.0. The van der Waals surface area contributed by atoms with Crippen LogP contribution in [-0.2, 0) is 12.4 Å². The van der Waals surface area contributed by atoms with Crippen LogP contribution in [0.25, 0.3) is 0 Å². The Kier molecular flexibility index (Phi) is 8.03. The fourth-order valence-corrected chi connectivity index (χ4v) is 5.99. The van der Waals surface area contributed by atoms with E-state index in [1.165, 1.54) is 12.1 Å². The Morgan fingerprint density at radius 2 is 1.19 bits per heavy atom. The summed E-state index contributed by atoms with van der Waals surface area (Å²) in [4.78, 5) is 0. The van der Waals surface area contributed by atoms with Gasteiger partial charge in [0.25, 0.3) is 0 Å². The van der Waals surface area contributed by atoms with Gasteiger partial charge in [0.05, 0.1) is 11.1 Å². The Bertz CT molecular complexity index is 773. The van der Waals surface area contributed by atoms with Gasteiger partial charge >= 0.3 is 12.4 Å². The smallest absolute Gasteiger partial charge is 0.166 e. The van der Waals surface area contributed by atoms with E-state index in [4.69, 9.17) is 0 Å². The zero-order valence-corrected chi connectivity index (χ0v) is 19.0. The highest BCUT2D eigenvalue weighted by Crippen LogP contribution is 2.51. The van der Waals surface area contributed by atoms with Crippen LogP contribution in [0.1, 0.15) is 112 Å². The number of allylic oxidation sites excluding steroid dienone is 2. The molecule has 0 heterocycles. The van der Waals surface area contributed by atoms with E-state index in [2.05, 4.69) is 6.92 Å². The molecule has 2 aliphatic rings. The predicted molar refractivity (Wildman–Crippen MR) is 116 cm³/mol. The summed E-state index contributed by atoms with van der Waals surface area (Å²) in [5.41, 5.74) is -3.15. The van der Waals surface area contributed by atoms with Crippen LogP contribution in [0, 0.1) is 11.8 Å². The number of halogens is 6. The molecule has 0 radical (unpaired) electrons. The molecule has 32 heavy (non-hydrogen) atoms. The molecule has 0 aromatic heterocycles. The lowest BCUT2D eigenvalue weighted by atomic mass is 9.72. The number of alkyl halides is 6. The van der Waals surface area contributed by atoms with Gasteiger partial charge in [-0.05, 0) is 93.1 Å². The van der Waals surface area contributed by atoms with E-state index >= 15 is 0 Å². The molecule has 0 spiro atoms. The first kappa shape index (κ1) is 25.2. The van der Waals surface area contributed by atoms with Crippen molar-refractivity contribution in [1.29, 1.82) is 0 Å². The van der Waals surface area contributed by atoms with Crippen molar-refractivity contribution in [1.82, 2.24) is 0 Å². The summed E-state index contributed by atoms with van der Waals surface area (Å²) < 4.78 is 85.1. The Morgan fingerprint density at radius 3 is 1.56 bits per heavy atom. The van der Waals surface area contributed by atoms with Crippen LogP contribution in [0.2, 0.25) is 0 Å². The molecule has 2 aliphatic carbocycles. The molecule has 2 fully saturated rings. The molecule has 1 aromatic rings. The van der Waals surface area contributed by atoms with Gasteiger partial charge < -0.3 is 0 Å². The summed E-state index contributed by atoms with van der Waals surface area (Å²) in [5, 5.41) is 0. The van der Waals surface area contributed by atoms with Crippen LogP contribution < -0.4 is 0 Å². The molecular weight excluding hydrogens is 426 g/mol. The van der Waals surface area contributed by atoms with Crippen molar-refractivity contribution in [3.05, 3.63) is 46.5 Å². The lowest BCUT2D eigenvalue weighted by molar-refractivity contribution is -0.163. The normalized spacial score (nSPS) is 27.8. The molecule has 0 atom stereocenters. The third kappa shape index (κ3) is 5.72. The van der Waals surface area contributed by atoms with Gasteiger partial charge in [0.1, 0.15) is 0 Å². The maximum absolute atomic E-state index is 14.2. The van der Waals surface area contributed by atoms with Gasteiger partial charge in [0, 0.05) is 0 Å². The molecule has 1 aromatic carbocycles. The van der Waals surface area contributed by atoms with Gasteiger partial charge in [0.2, 0.25) is 0 Å². The zero-order chi connectivity index (χ0) is 23.5. The van der Waals surface area contributed by atoms with Crippen LogP contribution in [0.4, 0.5) is 26.3 Å². The summed E-state index contributed by atoms with van der Waals surface area (Å²) >= 11 is 0. The molecule has 0 unspecified atom stereocenters. The average molecular weight is 461 g/mol. The minimum Gasteiger partial charge on any atom is -0.166 e.